The molecule has 0 N–H and O–H groups in total. The highest BCUT2D eigenvalue weighted by Gasteiger charge is 2.29. The average Bonchev–Trinajstić information content (AvgIpc) is 2.85. The third kappa shape index (κ3) is 3.50. The zero-order valence-electron chi connectivity index (χ0n) is 12.3. The van der Waals surface area contributed by atoms with Crippen molar-refractivity contribution in [1.29, 1.82) is 0 Å². The fourth-order valence-corrected chi connectivity index (χ4v) is 3.47. The second kappa shape index (κ2) is 7.36. The Hall–Kier alpha value is -0.680. The lowest BCUT2D eigenvalue weighted by molar-refractivity contribution is 0.0855. The number of halogens is 1. The second-order valence-corrected chi connectivity index (χ2v) is 6.40. The SMILES string of the molecule is CCC1CCC(C(=O)c2c(Br)cnn2CCOC)CC1. The Bertz CT molecular complexity index is 451. The van der Waals surface area contributed by atoms with E-state index in [0.29, 0.717) is 18.8 Å². The number of rotatable bonds is 6. The molecule has 0 aromatic carbocycles. The molecule has 0 atom stereocenters. The Morgan fingerprint density at radius 3 is 2.75 bits per heavy atom. The summed E-state index contributed by atoms with van der Waals surface area (Å²) in [6.07, 6.45) is 7.32. The average molecular weight is 343 g/mol. The van der Waals surface area contributed by atoms with E-state index in [4.69, 9.17) is 4.74 Å². The highest BCUT2D eigenvalue weighted by atomic mass is 79.9. The first-order valence-corrected chi connectivity index (χ1v) is 8.21. The van der Waals surface area contributed by atoms with Crippen molar-refractivity contribution in [2.24, 2.45) is 11.8 Å². The van der Waals surface area contributed by atoms with Gasteiger partial charge in [-0.05, 0) is 47.5 Å². The van der Waals surface area contributed by atoms with Gasteiger partial charge >= 0.3 is 0 Å². The molecule has 112 valence electrons. The molecule has 0 aliphatic heterocycles. The van der Waals surface area contributed by atoms with Crippen LogP contribution in [0.1, 0.15) is 49.5 Å². The van der Waals surface area contributed by atoms with E-state index in [1.165, 1.54) is 19.3 Å². The first kappa shape index (κ1) is 15.7. The molecular weight excluding hydrogens is 320 g/mol. The molecule has 1 aliphatic carbocycles. The Balaban J connectivity index is 2.07. The number of carbonyl (C=O) groups excluding carboxylic acids is 1. The van der Waals surface area contributed by atoms with Crippen LogP contribution in [0, 0.1) is 11.8 Å². The Kier molecular flexibility index (Phi) is 5.78. The van der Waals surface area contributed by atoms with Crippen LogP contribution in [0.15, 0.2) is 10.7 Å². The number of hydrogen-bond acceptors (Lipinski definition) is 3. The van der Waals surface area contributed by atoms with Crippen molar-refractivity contribution in [2.45, 2.75) is 45.6 Å². The number of hydrogen-bond donors (Lipinski definition) is 0. The van der Waals surface area contributed by atoms with Gasteiger partial charge < -0.3 is 4.74 Å². The van der Waals surface area contributed by atoms with Crippen molar-refractivity contribution in [3.63, 3.8) is 0 Å². The van der Waals surface area contributed by atoms with E-state index >= 15 is 0 Å². The van der Waals surface area contributed by atoms with Crippen molar-refractivity contribution >= 4 is 21.7 Å². The normalized spacial score (nSPS) is 22.9. The highest BCUT2D eigenvalue weighted by Crippen LogP contribution is 2.33. The van der Waals surface area contributed by atoms with E-state index in [9.17, 15) is 4.79 Å². The minimum absolute atomic E-state index is 0.159. The number of nitrogens with zero attached hydrogens (tertiary/aromatic N) is 2. The Labute approximate surface area is 129 Å². The summed E-state index contributed by atoms with van der Waals surface area (Å²) in [5, 5.41) is 4.27. The minimum Gasteiger partial charge on any atom is -0.383 e. The zero-order chi connectivity index (χ0) is 14.5. The van der Waals surface area contributed by atoms with Crippen LogP contribution >= 0.6 is 15.9 Å². The largest absolute Gasteiger partial charge is 0.383 e. The summed E-state index contributed by atoms with van der Waals surface area (Å²) in [6.45, 7) is 3.42. The maximum Gasteiger partial charge on any atom is 0.185 e. The molecule has 1 aliphatic rings. The summed E-state index contributed by atoms with van der Waals surface area (Å²) < 4.78 is 7.64. The molecule has 4 nitrogen and oxygen atoms in total. The summed E-state index contributed by atoms with van der Waals surface area (Å²) in [5.74, 6) is 1.20. The van der Waals surface area contributed by atoms with E-state index < -0.39 is 0 Å². The Morgan fingerprint density at radius 2 is 2.15 bits per heavy atom. The summed E-state index contributed by atoms with van der Waals surface area (Å²) in [7, 11) is 1.66. The molecule has 2 rings (SSSR count). The maximum absolute atomic E-state index is 12.7. The molecule has 0 amide bonds. The fourth-order valence-electron chi connectivity index (χ4n) is 2.98. The molecule has 20 heavy (non-hydrogen) atoms. The van der Waals surface area contributed by atoms with Crippen LogP contribution in [0.5, 0.6) is 0 Å². The number of aromatic nitrogens is 2. The highest BCUT2D eigenvalue weighted by molar-refractivity contribution is 9.10. The van der Waals surface area contributed by atoms with Gasteiger partial charge in [0.2, 0.25) is 0 Å². The van der Waals surface area contributed by atoms with Crippen LogP contribution in [0.4, 0.5) is 0 Å². The van der Waals surface area contributed by atoms with Gasteiger partial charge in [0.05, 0.1) is 23.8 Å². The lowest BCUT2D eigenvalue weighted by Gasteiger charge is -2.27. The first-order chi connectivity index (χ1) is 9.67. The summed E-state index contributed by atoms with van der Waals surface area (Å²) in [6, 6.07) is 0. The monoisotopic (exact) mass is 342 g/mol. The fraction of sp³-hybridized carbons (Fsp3) is 0.733. The van der Waals surface area contributed by atoms with E-state index in [0.717, 1.165) is 23.2 Å². The van der Waals surface area contributed by atoms with Gasteiger partial charge in [-0.3, -0.25) is 9.48 Å². The van der Waals surface area contributed by atoms with Crippen LogP contribution in [0.3, 0.4) is 0 Å². The van der Waals surface area contributed by atoms with Gasteiger partial charge in [0.15, 0.2) is 5.78 Å². The van der Waals surface area contributed by atoms with Gasteiger partial charge in [-0.2, -0.15) is 5.10 Å². The summed E-state index contributed by atoms with van der Waals surface area (Å²) >= 11 is 3.46. The van der Waals surface area contributed by atoms with Crippen molar-refractivity contribution in [1.82, 2.24) is 9.78 Å². The van der Waals surface area contributed by atoms with Crippen molar-refractivity contribution < 1.29 is 9.53 Å². The molecule has 0 spiro atoms. The van der Waals surface area contributed by atoms with Crippen LogP contribution in [-0.4, -0.2) is 29.3 Å². The van der Waals surface area contributed by atoms with Crippen LogP contribution < -0.4 is 0 Å². The van der Waals surface area contributed by atoms with Crippen molar-refractivity contribution in [2.75, 3.05) is 13.7 Å². The standard InChI is InChI=1S/C15H23BrN2O2/c1-3-11-4-6-12(7-5-11)15(19)14-13(16)10-17-18(14)8-9-20-2/h10-12H,3-9H2,1-2H3. The van der Waals surface area contributed by atoms with Gasteiger partial charge in [-0.1, -0.05) is 13.3 Å². The smallest absolute Gasteiger partial charge is 0.185 e. The lowest BCUT2D eigenvalue weighted by Crippen LogP contribution is -2.25. The third-order valence-corrected chi connectivity index (χ3v) is 4.91. The van der Waals surface area contributed by atoms with Crippen LogP contribution in [0.2, 0.25) is 0 Å². The van der Waals surface area contributed by atoms with Gasteiger partial charge in [0.1, 0.15) is 5.69 Å². The number of Topliss-reactive ketones (excluding diaryl/α,β-unsaturated/α-hetero) is 1. The lowest BCUT2D eigenvalue weighted by atomic mass is 9.78. The van der Waals surface area contributed by atoms with E-state index in [1.54, 1.807) is 18.0 Å². The van der Waals surface area contributed by atoms with E-state index in [2.05, 4.69) is 28.0 Å². The molecule has 1 saturated carbocycles. The number of ketones is 1. The van der Waals surface area contributed by atoms with Gasteiger partial charge in [0, 0.05) is 13.0 Å². The molecule has 0 saturated heterocycles. The van der Waals surface area contributed by atoms with Gasteiger partial charge in [-0.25, -0.2) is 0 Å². The molecule has 0 unspecified atom stereocenters. The molecule has 1 aromatic rings. The van der Waals surface area contributed by atoms with Crippen molar-refractivity contribution in [3.05, 3.63) is 16.4 Å². The van der Waals surface area contributed by atoms with Gasteiger partial charge in [0.25, 0.3) is 0 Å². The number of methoxy groups -OCH3 is 1. The predicted molar refractivity (Wildman–Crippen MR) is 81.9 cm³/mol. The molecule has 0 bridgehead atoms. The van der Waals surface area contributed by atoms with Crippen LogP contribution in [0.25, 0.3) is 0 Å². The molecule has 5 heteroatoms. The number of ether oxygens (including phenoxy) is 1. The molecule has 1 aromatic heterocycles. The summed E-state index contributed by atoms with van der Waals surface area (Å²) in [5.41, 5.74) is 0.710. The second-order valence-electron chi connectivity index (χ2n) is 5.55. The molecule has 1 fully saturated rings. The zero-order valence-corrected chi connectivity index (χ0v) is 13.9. The van der Waals surface area contributed by atoms with E-state index in [1.807, 2.05) is 0 Å². The summed E-state index contributed by atoms with van der Waals surface area (Å²) in [4.78, 5) is 12.7. The maximum atomic E-state index is 12.7. The third-order valence-electron chi connectivity index (χ3n) is 4.33. The topological polar surface area (TPSA) is 44.1 Å². The molecule has 0 radical (unpaired) electrons. The predicted octanol–water partition coefficient (Wildman–Crippen LogP) is 3.69. The minimum atomic E-state index is 0.159. The van der Waals surface area contributed by atoms with Crippen molar-refractivity contribution in [3.8, 4) is 0 Å². The first-order valence-electron chi connectivity index (χ1n) is 7.41. The number of carbonyl (C=O) groups is 1. The van der Waals surface area contributed by atoms with Gasteiger partial charge in [-0.15, -0.1) is 0 Å². The van der Waals surface area contributed by atoms with Crippen LogP contribution in [-0.2, 0) is 11.3 Å². The molecular formula is C15H23BrN2O2. The molecule has 1 heterocycles. The Morgan fingerprint density at radius 1 is 1.45 bits per heavy atom. The van der Waals surface area contributed by atoms with E-state index in [-0.39, 0.29) is 11.7 Å². The quantitative estimate of drug-likeness (QED) is 0.740.